The minimum Gasteiger partial charge on any atom is -0.436 e. The van der Waals surface area contributed by atoms with E-state index in [0.717, 1.165) is 23.1 Å². The van der Waals surface area contributed by atoms with Crippen LogP contribution in [0.4, 0.5) is 0 Å². The number of carbonyl (C=O) groups excluding carboxylic acids is 1. The third-order valence-electron chi connectivity index (χ3n) is 2.79. The van der Waals surface area contributed by atoms with Crippen LogP contribution in [-0.4, -0.2) is 16.3 Å². The molecule has 0 atom stereocenters. The maximum absolute atomic E-state index is 10.7. The second-order valence-corrected chi connectivity index (χ2v) is 4.00. The van der Waals surface area contributed by atoms with Gasteiger partial charge >= 0.3 is 0 Å². The van der Waals surface area contributed by atoms with E-state index in [9.17, 15) is 4.79 Å². The number of aryl methyl sites for hydroxylation is 1. The van der Waals surface area contributed by atoms with Crippen molar-refractivity contribution >= 4 is 17.4 Å². The molecule has 88 valence electrons. The lowest BCUT2D eigenvalue weighted by atomic mass is 10.2. The Labute approximate surface area is 103 Å². The predicted octanol–water partition coefficient (Wildman–Crippen LogP) is 3.01. The first-order valence-corrected chi connectivity index (χ1v) is 5.56. The van der Waals surface area contributed by atoms with Crippen molar-refractivity contribution in [1.82, 2.24) is 9.97 Å². The standard InChI is InChI=1S/C14H10N2O2/c1-9-11(3-2-6-15-9)14-16-12-5-4-10(8-17)7-13(12)18-14/h2-8H,1H3. The molecule has 2 heterocycles. The van der Waals surface area contributed by atoms with Gasteiger partial charge in [-0.3, -0.25) is 9.78 Å². The molecule has 0 bridgehead atoms. The van der Waals surface area contributed by atoms with Crippen LogP contribution in [0.5, 0.6) is 0 Å². The van der Waals surface area contributed by atoms with Crippen LogP contribution in [-0.2, 0) is 0 Å². The largest absolute Gasteiger partial charge is 0.436 e. The Morgan fingerprint density at radius 2 is 2.17 bits per heavy atom. The van der Waals surface area contributed by atoms with Gasteiger partial charge < -0.3 is 4.42 Å². The van der Waals surface area contributed by atoms with Gasteiger partial charge in [-0.25, -0.2) is 4.98 Å². The molecule has 0 aliphatic rings. The van der Waals surface area contributed by atoms with Gasteiger partial charge in [-0.1, -0.05) is 0 Å². The predicted molar refractivity (Wildman–Crippen MR) is 67.4 cm³/mol. The van der Waals surface area contributed by atoms with E-state index in [-0.39, 0.29) is 0 Å². The highest BCUT2D eigenvalue weighted by Gasteiger charge is 2.10. The highest BCUT2D eigenvalue weighted by atomic mass is 16.3. The van der Waals surface area contributed by atoms with Crippen LogP contribution in [0.15, 0.2) is 40.9 Å². The van der Waals surface area contributed by atoms with E-state index < -0.39 is 0 Å². The summed E-state index contributed by atoms with van der Waals surface area (Å²) in [5, 5.41) is 0. The number of aromatic nitrogens is 2. The van der Waals surface area contributed by atoms with Crippen molar-refractivity contribution in [2.24, 2.45) is 0 Å². The average Bonchev–Trinajstić information content (AvgIpc) is 2.81. The lowest BCUT2D eigenvalue weighted by molar-refractivity contribution is 0.112. The summed E-state index contributed by atoms with van der Waals surface area (Å²) >= 11 is 0. The first-order chi connectivity index (χ1) is 8.78. The van der Waals surface area contributed by atoms with Crippen LogP contribution in [0.25, 0.3) is 22.6 Å². The Morgan fingerprint density at radius 3 is 2.94 bits per heavy atom. The highest BCUT2D eigenvalue weighted by molar-refractivity contribution is 5.84. The minimum absolute atomic E-state index is 0.527. The molecule has 2 aromatic heterocycles. The Hall–Kier alpha value is -2.49. The monoisotopic (exact) mass is 238 g/mol. The van der Waals surface area contributed by atoms with E-state index in [4.69, 9.17) is 4.42 Å². The summed E-state index contributed by atoms with van der Waals surface area (Å²) < 4.78 is 5.67. The van der Waals surface area contributed by atoms with Crippen molar-refractivity contribution < 1.29 is 9.21 Å². The van der Waals surface area contributed by atoms with Crippen LogP contribution in [0, 0.1) is 6.92 Å². The summed E-state index contributed by atoms with van der Waals surface area (Å²) in [4.78, 5) is 19.3. The second kappa shape index (κ2) is 4.07. The van der Waals surface area contributed by atoms with Crippen molar-refractivity contribution in [3.63, 3.8) is 0 Å². The molecule has 0 aliphatic heterocycles. The molecule has 3 rings (SSSR count). The zero-order chi connectivity index (χ0) is 12.5. The zero-order valence-corrected chi connectivity index (χ0v) is 9.75. The summed E-state index contributed by atoms with van der Waals surface area (Å²) in [6.07, 6.45) is 2.52. The highest BCUT2D eigenvalue weighted by Crippen LogP contribution is 2.25. The molecule has 0 saturated heterocycles. The Bertz CT molecular complexity index is 731. The fourth-order valence-corrected chi connectivity index (χ4v) is 1.84. The number of oxazole rings is 1. The quantitative estimate of drug-likeness (QED) is 0.644. The average molecular weight is 238 g/mol. The van der Waals surface area contributed by atoms with E-state index in [0.29, 0.717) is 17.0 Å². The van der Waals surface area contributed by atoms with Crippen LogP contribution in [0.1, 0.15) is 16.1 Å². The molecule has 0 saturated carbocycles. The summed E-state index contributed by atoms with van der Waals surface area (Å²) in [5.74, 6) is 0.527. The van der Waals surface area contributed by atoms with Gasteiger partial charge in [0.25, 0.3) is 0 Å². The Morgan fingerprint density at radius 1 is 1.28 bits per heavy atom. The summed E-state index contributed by atoms with van der Waals surface area (Å²) in [7, 11) is 0. The summed E-state index contributed by atoms with van der Waals surface area (Å²) in [5.41, 5.74) is 3.64. The summed E-state index contributed by atoms with van der Waals surface area (Å²) in [6, 6.07) is 8.93. The van der Waals surface area contributed by atoms with Crippen LogP contribution < -0.4 is 0 Å². The molecule has 0 fully saturated rings. The topological polar surface area (TPSA) is 56.0 Å². The van der Waals surface area contributed by atoms with Gasteiger partial charge in [0.2, 0.25) is 5.89 Å². The van der Waals surface area contributed by atoms with Gasteiger partial charge in [0, 0.05) is 17.5 Å². The molecule has 4 heteroatoms. The first kappa shape index (κ1) is 10.7. The third kappa shape index (κ3) is 1.68. The SMILES string of the molecule is Cc1ncccc1-c1nc2ccc(C=O)cc2o1. The maximum atomic E-state index is 10.7. The molecule has 1 aromatic carbocycles. The number of aldehydes is 1. The number of rotatable bonds is 2. The van der Waals surface area contributed by atoms with E-state index >= 15 is 0 Å². The number of carbonyl (C=O) groups is 1. The number of nitrogens with zero attached hydrogens (tertiary/aromatic N) is 2. The van der Waals surface area contributed by atoms with Crippen LogP contribution in [0.3, 0.4) is 0 Å². The number of hydrogen-bond donors (Lipinski definition) is 0. The fourth-order valence-electron chi connectivity index (χ4n) is 1.84. The fraction of sp³-hybridized carbons (Fsp3) is 0.0714. The summed E-state index contributed by atoms with van der Waals surface area (Å²) in [6.45, 7) is 1.90. The Balaban J connectivity index is 2.19. The van der Waals surface area contributed by atoms with Gasteiger partial charge in [0.15, 0.2) is 5.58 Å². The lowest BCUT2D eigenvalue weighted by Gasteiger charge is -1.97. The van der Waals surface area contributed by atoms with Gasteiger partial charge in [0.1, 0.15) is 11.8 Å². The van der Waals surface area contributed by atoms with E-state index in [1.807, 2.05) is 19.1 Å². The van der Waals surface area contributed by atoms with Crippen LogP contribution >= 0.6 is 0 Å². The molecular formula is C14H10N2O2. The van der Waals surface area contributed by atoms with Crippen molar-refractivity contribution in [2.75, 3.05) is 0 Å². The maximum Gasteiger partial charge on any atom is 0.229 e. The van der Waals surface area contributed by atoms with E-state index in [1.54, 1.807) is 24.4 Å². The molecule has 0 spiro atoms. The molecular weight excluding hydrogens is 228 g/mol. The zero-order valence-electron chi connectivity index (χ0n) is 9.75. The molecule has 0 unspecified atom stereocenters. The van der Waals surface area contributed by atoms with Gasteiger partial charge in [0.05, 0.1) is 5.56 Å². The van der Waals surface area contributed by atoms with E-state index in [1.165, 1.54) is 0 Å². The van der Waals surface area contributed by atoms with Crippen molar-refractivity contribution in [3.05, 3.63) is 47.8 Å². The molecule has 0 radical (unpaired) electrons. The van der Waals surface area contributed by atoms with Crippen molar-refractivity contribution in [3.8, 4) is 11.5 Å². The third-order valence-corrected chi connectivity index (χ3v) is 2.79. The molecule has 3 aromatic rings. The van der Waals surface area contributed by atoms with Gasteiger partial charge in [-0.2, -0.15) is 0 Å². The second-order valence-electron chi connectivity index (χ2n) is 4.00. The van der Waals surface area contributed by atoms with Crippen molar-refractivity contribution in [2.45, 2.75) is 6.92 Å². The minimum atomic E-state index is 0.527. The number of hydrogen-bond acceptors (Lipinski definition) is 4. The normalized spacial score (nSPS) is 10.7. The molecule has 0 N–H and O–H groups in total. The molecule has 4 nitrogen and oxygen atoms in total. The van der Waals surface area contributed by atoms with E-state index in [2.05, 4.69) is 9.97 Å². The number of pyridine rings is 1. The first-order valence-electron chi connectivity index (χ1n) is 5.56. The lowest BCUT2D eigenvalue weighted by Crippen LogP contribution is -1.85. The molecule has 18 heavy (non-hydrogen) atoms. The number of benzene rings is 1. The van der Waals surface area contributed by atoms with Crippen molar-refractivity contribution in [1.29, 1.82) is 0 Å². The molecule has 0 amide bonds. The van der Waals surface area contributed by atoms with Gasteiger partial charge in [-0.05, 0) is 37.3 Å². The van der Waals surface area contributed by atoms with Gasteiger partial charge in [-0.15, -0.1) is 0 Å². The molecule has 0 aliphatic carbocycles. The smallest absolute Gasteiger partial charge is 0.229 e. The number of fused-ring (bicyclic) bond motifs is 1. The van der Waals surface area contributed by atoms with Crippen LogP contribution in [0.2, 0.25) is 0 Å². The Kier molecular flexibility index (Phi) is 2.41.